The zero-order valence-electron chi connectivity index (χ0n) is 18.9. The number of piperidine rings is 1. The van der Waals surface area contributed by atoms with Crippen molar-refractivity contribution in [1.29, 1.82) is 0 Å². The lowest BCUT2D eigenvalue weighted by molar-refractivity contribution is 0.0679. The SMILES string of the molecule is COc1ccc(C(CNC(=O)c2ccc(OCC3CCCO3)cc2)N2CCCCC2)cc1. The molecule has 32 heavy (non-hydrogen) atoms. The van der Waals surface area contributed by atoms with E-state index in [9.17, 15) is 4.79 Å². The molecule has 2 heterocycles. The first-order chi connectivity index (χ1) is 15.7. The third kappa shape index (κ3) is 6.02. The molecule has 1 N–H and O–H groups in total. The highest BCUT2D eigenvalue weighted by molar-refractivity contribution is 5.94. The number of likely N-dealkylation sites (tertiary alicyclic amines) is 1. The molecule has 0 bridgehead atoms. The monoisotopic (exact) mass is 438 g/mol. The van der Waals surface area contributed by atoms with Gasteiger partial charge in [0.15, 0.2) is 0 Å². The van der Waals surface area contributed by atoms with Crippen molar-refractivity contribution in [1.82, 2.24) is 10.2 Å². The summed E-state index contributed by atoms with van der Waals surface area (Å²) < 4.78 is 16.7. The van der Waals surface area contributed by atoms with Gasteiger partial charge in [0.1, 0.15) is 18.1 Å². The van der Waals surface area contributed by atoms with Crippen LogP contribution in [0.1, 0.15) is 54.1 Å². The van der Waals surface area contributed by atoms with Gasteiger partial charge in [-0.2, -0.15) is 0 Å². The number of carbonyl (C=O) groups excluding carboxylic acids is 1. The molecule has 2 saturated heterocycles. The second kappa shape index (κ2) is 11.3. The fourth-order valence-electron chi connectivity index (χ4n) is 4.47. The topological polar surface area (TPSA) is 60.0 Å². The minimum atomic E-state index is -0.0637. The molecule has 4 rings (SSSR count). The van der Waals surface area contributed by atoms with Gasteiger partial charge in [0.05, 0.1) is 19.3 Å². The average Bonchev–Trinajstić information content (AvgIpc) is 3.38. The van der Waals surface area contributed by atoms with Crippen molar-refractivity contribution in [3.05, 3.63) is 59.7 Å². The summed E-state index contributed by atoms with van der Waals surface area (Å²) in [6.07, 6.45) is 6.01. The fourth-order valence-corrected chi connectivity index (χ4v) is 4.47. The summed E-state index contributed by atoms with van der Waals surface area (Å²) in [6.45, 7) is 4.07. The molecule has 0 spiro atoms. The van der Waals surface area contributed by atoms with Crippen LogP contribution in [0.4, 0.5) is 0 Å². The number of hydrogen-bond donors (Lipinski definition) is 1. The number of hydrogen-bond acceptors (Lipinski definition) is 5. The van der Waals surface area contributed by atoms with Gasteiger partial charge in [0.25, 0.3) is 5.91 Å². The van der Waals surface area contributed by atoms with Crippen molar-refractivity contribution in [2.24, 2.45) is 0 Å². The van der Waals surface area contributed by atoms with Crippen LogP contribution < -0.4 is 14.8 Å². The number of methoxy groups -OCH3 is 1. The molecule has 2 unspecified atom stereocenters. The van der Waals surface area contributed by atoms with Gasteiger partial charge in [-0.15, -0.1) is 0 Å². The van der Waals surface area contributed by atoms with Crippen molar-refractivity contribution < 1.29 is 19.0 Å². The summed E-state index contributed by atoms with van der Waals surface area (Å²) >= 11 is 0. The Morgan fingerprint density at radius 3 is 2.41 bits per heavy atom. The summed E-state index contributed by atoms with van der Waals surface area (Å²) in [5.74, 6) is 1.55. The van der Waals surface area contributed by atoms with Crippen molar-refractivity contribution in [2.45, 2.75) is 44.2 Å². The predicted octanol–water partition coefficient (Wildman–Crippen LogP) is 4.21. The molecule has 2 aliphatic heterocycles. The Kier molecular flexibility index (Phi) is 8.02. The van der Waals surface area contributed by atoms with E-state index in [0.29, 0.717) is 18.7 Å². The van der Waals surface area contributed by atoms with Crippen LogP contribution in [0.25, 0.3) is 0 Å². The highest BCUT2D eigenvalue weighted by Crippen LogP contribution is 2.26. The zero-order valence-corrected chi connectivity index (χ0v) is 18.9. The van der Waals surface area contributed by atoms with E-state index in [2.05, 4.69) is 22.3 Å². The fraction of sp³-hybridized carbons (Fsp3) is 0.500. The third-order valence-electron chi connectivity index (χ3n) is 6.36. The molecule has 2 atom stereocenters. The van der Waals surface area contributed by atoms with Crippen molar-refractivity contribution in [3.63, 3.8) is 0 Å². The molecule has 6 nitrogen and oxygen atoms in total. The van der Waals surface area contributed by atoms with E-state index in [1.807, 2.05) is 36.4 Å². The van der Waals surface area contributed by atoms with Gasteiger partial charge in [-0.25, -0.2) is 0 Å². The first-order valence-corrected chi connectivity index (χ1v) is 11.7. The van der Waals surface area contributed by atoms with Gasteiger partial charge in [-0.05, 0) is 80.7 Å². The van der Waals surface area contributed by atoms with E-state index in [1.54, 1.807) is 7.11 Å². The maximum atomic E-state index is 12.8. The van der Waals surface area contributed by atoms with Crippen LogP contribution in [0.3, 0.4) is 0 Å². The molecule has 0 aliphatic carbocycles. The Hall–Kier alpha value is -2.57. The van der Waals surface area contributed by atoms with Crippen molar-refractivity contribution >= 4 is 5.91 Å². The summed E-state index contributed by atoms with van der Waals surface area (Å²) in [5, 5.41) is 3.15. The van der Waals surface area contributed by atoms with E-state index in [0.717, 1.165) is 44.0 Å². The van der Waals surface area contributed by atoms with Crippen molar-refractivity contribution in [2.75, 3.05) is 40.0 Å². The van der Waals surface area contributed by atoms with Crippen LogP contribution in [0.2, 0.25) is 0 Å². The van der Waals surface area contributed by atoms with E-state index >= 15 is 0 Å². The summed E-state index contributed by atoms with van der Waals surface area (Å²) in [5.41, 5.74) is 1.84. The van der Waals surface area contributed by atoms with Crippen LogP contribution in [0.15, 0.2) is 48.5 Å². The van der Waals surface area contributed by atoms with Crippen molar-refractivity contribution in [3.8, 4) is 11.5 Å². The quantitative estimate of drug-likeness (QED) is 0.636. The Labute approximate surface area is 190 Å². The predicted molar refractivity (Wildman–Crippen MR) is 124 cm³/mol. The minimum absolute atomic E-state index is 0.0637. The normalized spacial score (nSPS) is 20.0. The van der Waals surface area contributed by atoms with Crippen LogP contribution in [-0.4, -0.2) is 56.9 Å². The lowest BCUT2D eigenvalue weighted by atomic mass is 10.0. The molecule has 1 amide bonds. The molecule has 2 aromatic carbocycles. The largest absolute Gasteiger partial charge is 0.497 e. The zero-order chi connectivity index (χ0) is 22.2. The molecular weight excluding hydrogens is 404 g/mol. The van der Waals surface area contributed by atoms with E-state index in [1.165, 1.54) is 24.8 Å². The van der Waals surface area contributed by atoms with Crippen LogP contribution in [0.5, 0.6) is 11.5 Å². The Balaban J connectivity index is 1.35. The second-order valence-electron chi connectivity index (χ2n) is 8.57. The van der Waals surface area contributed by atoms with E-state index in [4.69, 9.17) is 14.2 Å². The maximum Gasteiger partial charge on any atom is 0.251 e. The molecular formula is C26H34N2O4. The highest BCUT2D eigenvalue weighted by Gasteiger charge is 2.23. The van der Waals surface area contributed by atoms with Gasteiger partial charge < -0.3 is 19.5 Å². The van der Waals surface area contributed by atoms with Gasteiger partial charge in [0.2, 0.25) is 0 Å². The second-order valence-corrected chi connectivity index (χ2v) is 8.57. The molecule has 6 heteroatoms. The van der Waals surface area contributed by atoms with E-state index < -0.39 is 0 Å². The molecule has 2 fully saturated rings. The van der Waals surface area contributed by atoms with Gasteiger partial charge in [-0.3, -0.25) is 9.69 Å². The number of carbonyl (C=O) groups is 1. The lowest BCUT2D eigenvalue weighted by Crippen LogP contribution is -2.40. The lowest BCUT2D eigenvalue weighted by Gasteiger charge is -2.35. The molecule has 0 radical (unpaired) electrons. The smallest absolute Gasteiger partial charge is 0.251 e. The Morgan fingerprint density at radius 1 is 1.03 bits per heavy atom. The number of amides is 1. The summed E-state index contributed by atoms with van der Waals surface area (Å²) in [7, 11) is 1.68. The van der Waals surface area contributed by atoms with Gasteiger partial charge >= 0.3 is 0 Å². The third-order valence-corrected chi connectivity index (χ3v) is 6.36. The van der Waals surface area contributed by atoms with E-state index in [-0.39, 0.29) is 18.1 Å². The molecule has 0 saturated carbocycles. The minimum Gasteiger partial charge on any atom is -0.497 e. The summed E-state index contributed by atoms with van der Waals surface area (Å²) in [4.78, 5) is 15.3. The standard InChI is InChI=1S/C26H34N2O4/c1-30-22-11-7-20(8-12-22)25(28-15-3-2-4-16-28)18-27-26(29)21-9-13-23(14-10-21)32-19-24-6-5-17-31-24/h7-14,24-25H,2-6,15-19H2,1H3,(H,27,29). The average molecular weight is 439 g/mol. The van der Waals surface area contributed by atoms with Gasteiger partial charge in [0, 0.05) is 18.7 Å². The maximum absolute atomic E-state index is 12.8. The molecule has 0 aromatic heterocycles. The number of rotatable bonds is 9. The first kappa shape index (κ1) is 22.6. The Morgan fingerprint density at radius 2 is 1.75 bits per heavy atom. The summed E-state index contributed by atoms with van der Waals surface area (Å²) in [6, 6.07) is 15.7. The highest BCUT2D eigenvalue weighted by atomic mass is 16.5. The van der Waals surface area contributed by atoms with Gasteiger partial charge in [-0.1, -0.05) is 18.6 Å². The number of ether oxygens (including phenoxy) is 3. The number of nitrogens with zero attached hydrogens (tertiary/aromatic N) is 1. The van der Waals surface area contributed by atoms with Crippen LogP contribution >= 0.6 is 0 Å². The van der Waals surface area contributed by atoms with Crippen LogP contribution in [-0.2, 0) is 4.74 Å². The number of nitrogens with one attached hydrogen (secondary N) is 1. The first-order valence-electron chi connectivity index (χ1n) is 11.7. The molecule has 172 valence electrons. The molecule has 2 aromatic rings. The van der Waals surface area contributed by atoms with Crippen LogP contribution in [0, 0.1) is 0 Å². The Bertz CT molecular complexity index is 841. The number of benzene rings is 2. The molecule has 2 aliphatic rings.